The van der Waals surface area contributed by atoms with Gasteiger partial charge in [0.1, 0.15) is 6.61 Å². The van der Waals surface area contributed by atoms with Crippen LogP contribution in [0.3, 0.4) is 0 Å². The first-order chi connectivity index (χ1) is 16.1. The second-order valence-corrected chi connectivity index (χ2v) is 8.42. The fourth-order valence-corrected chi connectivity index (χ4v) is 4.51. The summed E-state index contributed by atoms with van der Waals surface area (Å²) < 4.78 is 25.2. The summed E-state index contributed by atoms with van der Waals surface area (Å²) >= 11 is 6.02. The smallest absolute Gasteiger partial charge is 0.213 e. The van der Waals surface area contributed by atoms with Crippen molar-refractivity contribution in [3.05, 3.63) is 76.9 Å². The zero-order valence-corrected chi connectivity index (χ0v) is 21.6. The maximum Gasteiger partial charge on any atom is 0.213 e. The van der Waals surface area contributed by atoms with Crippen LogP contribution in [0.5, 0.6) is 23.0 Å². The summed E-state index contributed by atoms with van der Waals surface area (Å²) in [6, 6.07) is 18.0. The topological polar surface area (TPSA) is 40.8 Å². The van der Waals surface area contributed by atoms with E-state index in [1.54, 1.807) is 21.3 Å². The molecule has 176 valence electrons. The molecule has 5 rings (SSSR count). The van der Waals surface area contributed by atoms with Crippen LogP contribution in [0.15, 0.2) is 60.8 Å². The second kappa shape index (κ2) is 10.1. The van der Waals surface area contributed by atoms with Crippen LogP contribution in [0.1, 0.15) is 11.1 Å². The van der Waals surface area contributed by atoms with Crippen LogP contribution in [0.25, 0.3) is 22.0 Å². The van der Waals surface area contributed by atoms with Gasteiger partial charge in [-0.3, -0.25) is 0 Å². The molecular weight excluding hydrogens is 518 g/mol. The number of rotatable bonds is 6. The number of hydrogen-bond donors (Lipinski definition) is 0. The molecule has 1 aromatic heterocycles. The van der Waals surface area contributed by atoms with E-state index in [0.29, 0.717) is 17.4 Å². The number of hydrogen-bond acceptors (Lipinski definition) is 4. The Kier molecular flexibility index (Phi) is 7.19. The second-order valence-electron chi connectivity index (χ2n) is 7.98. The lowest BCUT2D eigenvalue weighted by atomic mass is 9.95. The Balaban J connectivity index is 0.00000274. The van der Waals surface area contributed by atoms with E-state index in [1.807, 2.05) is 30.3 Å². The molecule has 0 radical (unpaired) electrons. The molecule has 0 saturated carbocycles. The number of fused-ring (bicyclic) bond motifs is 4. The van der Waals surface area contributed by atoms with Crippen molar-refractivity contribution in [2.45, 2.75) is 19.6 Å². The van der Waals surface area contributed by atoms with Gasteiger partial charge in [0.05, 0.1) is 32.3 Å². The first kappa shape index (κ1) is 24.2. The highest BCUT2D eigenvalue weighted by Crippen LogP contribution is 2.40. The minimum absolute atomic E-state index is 0. The molecule has 0 aliphatic carbocycles. The Labute approximate surface area is 214 Å². The number of ether oxygens (including phenoxy) is 4. The van der Waals surface area contributed by atoms with Gasteiger partial charge in [0.2, 0.25) is 5.69 Å². The number of methoxy groups -OCH3 is 3. The molecule has 0 atom stereocenters. The predicted octanol–water partition coefficient (Wildman–Crippen LogP) is 2.61. The minimum atomic E-state index is 0. The summed E-state index contributed by atoms with van der Waals surface area (Å²) in [5.74, 6) is 2.93. The van der Waals surface area contributed by atoms with Crippen LogP contribution in [-0.4, -0.2) is 21.3 Å². The van der Waals surface area contributed by atoms with E-state index in [0.717, 1.165) is 57.8 Å². The molecule has 34 heavy (non-hydrogen) atoms. The van der Waals surface area contributed by atoms with Gasteiger partial charge in [0.25, 0.3) is 0 Å². The number of aryl methyl sites for hydroxylation is 2. The first-order valence-electron chi connectivity index (χ1n) is 10.8. The third-order valence-corrected chi connectivity index (χ3v) is 6.36. The van der Waals surface area contributed by atoms with Gasteiger partial charge < -0.3 is 35.9 Å². The molecule has 4 aromatic rings. The van der Waals surface area contributed by atoms with Gasteiger partial charge in [-0.2, -0.15) is 4.57 Å². The van der Waals surface area contributed by atoms with Gasteiger partial charge in [0.15, 0.2) is 35.7 Å². The standard InChI is InChI=1S/C27H25ClNO4.BrH/c1-30-24-9-6-18-12-23-21-14-26(32-3)25(31-2)13-19(21)10-11-29(23)15-22(18)27(24)33-16-17-4-7-20(28)8-5-17;/h4-9,12-15H,10-11,16H2,1-3H3;1H/q+1;/p-1. The summed E-state index contributed by atoms with van der Waals surface area (Å²) in [6.07, 6.45) is 3.06. The van der Waals surface area contributed by atoms with E-state index < -0.39 is 0 Å². The molecule has 0 saturated heterocycles. The number of nitrogens with zero attached hydrogens (tertiary/aromatic N) is 1. The van der Waals surface area contributed by atoms with Crippen LogP contribution >= 0.6 is 11.6 Å². The Morgan fingerprint density at radius 2 is 1.56 bits per heavy atom. The highest BCUT2D eigenvalue weighted by Gasteiger charge is 2.27. The maximum absolute atomic E-state index is 6.28. The molecule has 3 aromatic carbocycles. The lowest BCUT2D eigenvalue weighted by molar-refractivity contribution is -0.686. The molecule has 0 amide bonds. The molecular formula is C27H25BrClNO4. The molecule has 1 aliphatic heterocycles. The zero-order valence-electron chi connectivity index (χ0n) is 19.2. The summed E-state index contributed by atoms with van der Waals surface area (Å²) in [5.41, 5.74) is 4.58. The number of aromatic nitrogens is 1. The van der Waals surface area contributed by atoms with E-state index in [9.17, 15) is 0 Å². The van der Waals surface area contributed by atoms with Crippen LogP contribution in [0.4, 0.5) is 0 Å². The van der Waals surface area contributed by atoms with Gasteiger partial charge in [-0.25, -0.2) is 0 Å². The van der Waals surface area contributed by atoms with Crippen molar-refractivity contribution in [1.29, 1.82) is 0 Å². The molecule has 5 nitrogen and oxygen atoms in total. The van der Waals surface area contributed by atoms with E-state index in [2.05, 4.69) is 35.0 Å². The summed E-state index contributed by atoms with van der Waals surface area (Å²) in [5, 5.41) is 2.80. The highest BCUT2D eigenvalue weighted by molar-refractivity contribution is 6.30. The Morgan fingerprint density at radius 3 is 2.26 bits per heavy atom. The minimum Gasteiger partial charge on any atom is -1.00 e. The molecule has 2 heterocycles. The average Bonchev–Trinajstić information content (AvgIpc) is 2.86. The zero-order chi connectivity index (χ0) is 22.9. The Bertz CT molecular complexity index is 1340. The van der Waals surface area contributed by atoms with Crippen molar-refractivity contribution in [3.8, 4) is 34.3 Å². The van der Waals surface area contributed by atoms with Crippen LogP contribution in [0.2, 0.25) is 5.02 Å². The Morgan fingerprint density at radius 1 is 0.853 bits per heavy atom. The van der Waals surface area contributed by atoms with Gasteiger partial charge in [-0.05, 0) is 52.9 Å². The quantitative estimate of drug-likeness (QED) is 0.351. The van der Waals surface area contributed by atoms with Gasteiger partial charge in [0, 0.05) is 17.5 Å². The Hall–Kier alpha value is -2.96. The van der Waals surface area contributed by atoms with Crippen LogP contribution in [0, 0.1) is 0 Å². The fourth-order valence-electron chi connectivity index (χ4n) is 4.38. The average molecular weight is 543 g/mol. The maximum atomic E-state index is 6.28. The van der Waals surface area contributed by atoms with Crippen molar-refractivity contribution < 1.29 is 40.5 Å². The lowest BCUT2D eigenvalue weighted by Crippen LogP contribution is -3.00. The molecule has 7 heteroatoms. The lowest BCUT2D eigenvalue weighted by Gasteiger charge is -2.19. The van der Waals surface area contributed by atoms with Crippen molar-refractivity contribution in [2.75, 3.05) is 21.3 Å². The van der Waals surface area contributed by atoms with E-state index >= 15 is 0 Å². The SMILES string of the molecule is COc1cc2c(cc1OC)-c1cc3ccc(OC)c(OCc4ccc(Cl)cc4)c3c[n+]1CC2.[Br-]. The monoisotopic (exact) mass is 541 g/mol. The van der Waals surface area contributed by atoms with Gasteiger partial charge in [-0.1, -0.05) is 23.7 Å². The van der Waals surface area contributed by atoms with Crippen LogP contribution in [-0.2, 0) is 19.6 Å². The molecule has 0 bridgehead atoms. The van der Waals surface area contributed by atoms with Crippen LogP contribution < -0.4 is 40.5 Å². The number of benzene rings is 3. The van der Waals surface area contributed by atoms with Gasteiger partial charge >= 0.3 is 0 Å². The third kappa shape index (κ3) is 4.40. The number of halogens is 2. The molecule has 0 fully saturated rings. The van der Waals surface area contributed by atoms with E-state index in [1.165, 1.54) is 5.56 Å². The molecule has 0 spiro atoms. The van der Waals surface area contributed by atoms with E-state index in [4.69, 9.17) is 30.5 Å². The van der Waals surface area contributed by atoms with Crippen molar-refractivity contribution in [1.82, 2.24) is 0 Å². The largest absolute Gasteiger partial charge is 1.00 e. The predicted molar refractivity (Wildman–Crippen MR) is 129 cm³/mol. The normalized spacial score (nSPS) is 11.8. The molecule has 0 N–H and O–H groups in total. The van der Waals surface area contributed by atoms with Gasteiger partial charge in [-0.15, -0.1) is 0 Å². The highest BCUT2D eigenvalue weighted by atomic mass is 79.9. The van der Waals surface area contributed by atoms with Crippen molar-refractivity contribution in [2.24, 2.45) is 0 Å². The third-order valence-electron chi connectivity index (χ3n) is 6.10. The fraction of sp³-hybridized carbons (Fsp3) is 0.222. The van der Waals surface area contributed by atoms with Crippen molar-refractivity contribution >= 4 is 22.4 Å². The summed E-state index contributed by atoms with van der Waals surface area (Å²) in [4.78, 5) is 0. The molecule has 1 aliphatic rings. The van der Waals surface area contributed by atoms with Crippen molar-refractivity contribution in [3.63, 3.8) is 0 Å². The molecule has 0 unspecified atom stereocenters. The first-order valence-corrected chi connectivity index (χ1v) is 11.2. The summed E-state index contributed by atoms with van der Waals surface area (Å²) in [6.45, 7) is 1.29. The van der Waals surface area contributed by atoms with E-state index in [-0.39, 0.29) is 17.0 Å². The number of pyridine rings is 1. The summed E-state index contributed by atoms with van der Waals surface area (Å²) in [7, 11) is 5.00.